The highest BCUT2D eigenvalue weighted by Crippen LogP contribution is 2.21. The molecule has 0 aliphatic carbocycles. The summed E-state index contributed by atoms with van der Waals surface area (Å²) in [5.41, 5.74) is 0.342. The van der Waals surface area contributed by atoms with Gasteiger partial charge in [0.15, 0.2) is 0 Å². The lowest BCUT2D eigenvalue weighted by Crippen LogP contribution is -2.30. The standard InChI is InChI=1S/C15H11ClF2N2O2/c1-8-5-6-9(16)7-12(8)19-14(21)15(22)20-13-10(17)3-2-4-11(13)18/h2-7H,1H3,(H,19,21)(H,20,22). The lowest BCUT2D eigenvalue weighted by molar-refractivity contribution is -0.133. The second-order valence-corrected chi connectivity index (χ2v) is 4.90. The SMILES string of the molecule is Cc1ccc(Cl)cc1NC(=O)C(=O)Nc1c(F)cccc1F. The van der Waals surface area contributed by atoms with Gasteiger partial charge in [-0.3, -0.25) is 9.59 Å². The molecule has 2 aromatic carbocycles. The van der Waals surface area contributed by atoms with E-state index in [0.717, 1.165) is 18.2 Å². The molecule has 0 fully saturated rings. The molecule has 0 radical (unpaired) electrons. The monoisotopic (exact) mass is 324 g/mol. The summed E-state index contributed by atoms with van der Waals surface area (Å²) in [6.07, 6.45) is 0. The average molecular weight is 325 g/mol. The smallest absolute Gasteiger partial charge is 0.314 e. The van der Waals surface area contributed by atoms with Crippen LogP contribution in [0.5, 0.6) is 0 Å². The Hall–Kier alpha value is -2.47. The number of benzene rings is 2. The van der Waals surface area contributed by atoms with E-state index in [1.54, 1.807) is 19.1 Å². The van der Waals surface area contributed by atoms with E-state index in [-0.39, 0.29) is 0 Å². The number of hydrogen-bond donors (Lipinski definition) is 2. The maximum Gasteiger partial charge on any atom is 0.314 e. The van der Waals surface area contributed by atoms with Gasteiger partial charge in [-0.15, -0.1) is 0 Å². The van der Waals surface area contributed by atoms with Gasteiger partial charge < -0.3 is 10.6 Å². The van der Waals surface area contributed by atoms with Gasteiger partial charge in [0, 0.05) is 10.7 Å². The van der Waals surface area contributed by atoms with Crippen molar-refractivity contribution in [1.29, 1.82) is 0 Å². The highest BCUT2D eigenvalue weighted by Gasteiger charge is 2.19. The fourth-order valence-electron chi connectivity index (χ4n) is 1.70. The Morgan fingerprint density at radius 3 is 2.23 bits per heavy atom. The van der Waals surface area contributed by atoms with Crippen molar-refractivity contribution in [3.63, 3.8) is 0 Å². The summed E-state index contributed by atoms with van der Waals surface area (Å²) in [7, 11) is 0. The second kappa shape index (κ2) is 6.53. The van der Waals surface area contributed by atoms with Crippen LogP contribution in [-0.2, 0) is 9.59 Å². The first-order valence-corrected chi connectivity index (χ1v) is 6.59. The van der Waals surface area contributed by atoms with Crippen LogP contribution < -0.4 is 10.6 Å². The van der Waals surface area contributed by atoms with Gasteiger partial charge >= 0.3 is 11.8 Å². The van der Waals surface area contributed by atoms with Gasteiger partial charge in [0.1, 0.15) is 17.3 Å². The zero-order valence-corrected chi connectivity index (χ0v) is 12.2. The maximum absolute atomic E-state index is 13.4. The van der Waals surface area contributed by atoms with Crippen molar-refractivity contribution in [3.8, 4) is 0 Å². The molecular weight excluding hydrogens is 314 g/mol. The van der Waals surface area contributed by atoms with Crippen LogP contribution in [0.15, 0.2) is 36.4 Å². The summed E-state index contributed by atoms with van der Waals surface area (Å²) in [6, 6.07) is 7.84. The van der Waals surface area contributed by atoms with E-state index in [1.807, 2.05) is 5.32 Å². The molecule has 0 saturated carbocycles. The number of hydrogen-bond acceptors (Lipinski definition) is 2. The Balaban J connectivity index is 2.13. The van der Waals surface area contributed by atoms with Gasteiger partial charge in [0.2, 0.25) is 0 Å². The van der Waals surface area contributed by atoms with Gasteiger partial charge in [0.05, 0.1) is 0 Å². The third-order valence-electron chi connectivity index (χ3n) is 2.86. The number of carbonyl (C=O) groups is 2. The summed E-state index contributed by atoms with van der Waals surface area (Å²) >= 11 is 5.80. The van der Waals surface area contributed by atoms with E-state index < -0.39 is 29.1 Å². The number of carbonyl (C=O) groups excluding carboxylic acids is 2. The zero-order valence-electron chi connectivity index (χ0n) is 11.4. The van der Waals surface area contributed by atoms with E-state index in [4.69, 9.17) is 11.6 Å². The van der Waals surface area contributed by atoms with E-state index in [9.17, 15) is 18.4 Å². The van der Waals surface area contributed by atoms with E-state index in [1.165, 1.54) is 6.07 Å². The molecule has 4 nitrogen and oxygen atoms in total. The van der Waals surface area contributed by atoms with Gasteiger partial charge in [-0.25, -0.2) is 8.78 Å². The molecule has 0 unspecified atom stereocenters. The van der Waals surface area contributed by atoms with Crippen molar-refractivity contribution in [2.45, 2.75) is 6.92 Å². The topological polar surface area (TPSA) is 58.2 Å². The normalized spacial score (nSPS) is 10.2. The lowest BCUT2D eigenvalue weighted by atomic mass is 10.2. The zero-order chi connectivity index (χ0) is 16.3. The lowest BCUT2D eigenvalue weighted by Gasteiger charge is -2.10. The summed E-state index contributed by atoms with van der Waals surface area (Å²) < 4.78 is 26.8. The Kier molecular flexibility index (Phi) is 4.72. The molecule has 7 heteroatoms. The predicted molar refractivity (Wildman–Crippen MR) is 79.8 cm³/mol. The maximum atomic E-state index is 13.4. The van der Waals surface area contributed by atoms with Crippen molar-refractivity contribution in [2.75, 3.05) is 10.6 Å². The van der Waals surface area contributed by atoms with Crippen molar-refractivity contribution in [2.24, 2.45) is 0 Å². The molecule has 0 aliphatic rings. The van der Waals surface area contributed by atoms with Crippen LogP contribution in [0.2, 0.25) is 5.02 Å². The predicted octanol–water partition coefficient (Wildman–Crippen LogP) is 3.50. The average Bonchev–Trinajstić information content (AvgIpc) is 2.46. The fourth-order valence-corrected chi connectivity index (χ4v) is 1.87. The molecule has 0 saturated heterocycles. The van der Waals surface area contributed by atoms with Crippen molar-refractivity contribution in [1.82, 2.24) is 0 Å². The van der Waals surface area contributed by atoms with Crippen LogP contribution in [0.3, 0.4) is 0 Å². The molecule has 0 aliphatic heterocycles. The highest BCUT2D eigenvalue weighted by atomic mass is 35.5. The Bertz CT molecular complexity index is 730. The molecule has 22 heavy (non-hydrogen) atoms. The number of rotatable bonds is 2. The van der Waals surface area contributed by atoms with Gasteiger partial charge in [-0.2, -0.15) is 0 Å². The summed E-state index contributed by atoms with van der Waals surface area (Å²) in [5, 5.41) is 4.60. The Morgan fingerprint density at radius 1 is 1.00 bits per heavy atom. The molecule has 0 spiro atoms. The van der Waals surface area contributed by atoms with Crippen LogP contribution in [0, 0.1) is 18.6 Å². The van der Waals surface area contributed by atoms with E-state index >= 15 is 0 Å². The first kappa shape index (κ1) is 15.9. The second-order valence-electron chi connectivity index (χ2n) is 4.46. The van der Waals surface area contributed by atoms with Crippen LogP contribution in [0.1, 0.15) is 5.56 Å². The fraction of sp³-hybridized carbons (Fsp3) is 0.0667. The molecule has 0 bridgehead atoms. The molecule has 2 aromatic rings. The summed E-state index contributed by atoms with van der Waals surface area (Å²) in [4.78, 5) is 23.5. The minimum Gasteiger partial charge on any atom is -0.317 e. The van der Waals surface area contributed by atoms with Crippen molar-refractivity contribution in [3.05, 3.63) is 58.6 Å². The van der Waals surface area contributed by atoms with Crippen LogP contribution >= 0.6 is 11.6 Å². The van der Waals surface area contributed by atoms with Crippen LogP contribution in [0.4, 0.5) is 20.2 Å². The molecule has 2 rings (SSSR count). The number of halogens is 3. The number of amides is 2. The number of nitrogens with one attached hydrogen (secondary N) is 2. The molecule has 0 atom stereocenters. The highest BCUT2D eigenvalue weighted by molar-refractivity contribution is 6.43. The third kappa shape index (κ3) is 3.59. The number of aryl methyl sites for hydroxylation is 1. The minimum atomic E-state index is -1.19. The summed E-state index contributed by atoms with van der Waals surface area (Å²) in [6.45, 7) is 1.71. The minimum absolute atomic E-state index is 0.335. The molecule has 0 heterocycles. The largest absolute Gasteiger partial charge is 0.317 e. The quantitative estimate of drug-likeness (QED) is 0.831. The van der Waals surface area contributed by atoms with Crippen LogP contribution in [0.25, 0.3) is 0 Å². The Labute approximate surface area is 130 Å². The molecule has 0 aromatic heterocycles. The first-order valence-electron chi connectivity index (χ1n) is 6.21. The molecular formula is C15H11ClF2N2O2. The van der Waals surface area contributed by atoms with E-state index in [0.29, 0.717) is 16.3 Å². The molecule has 2 amide bonds. The Morgan fingerprint density at radius 2 is 1.59 bits per heavy atom. The van der Waals surface area contributed by atoms with E-state index in [2.05, 4.69) is 5.32 Å². The molecule has 114 valence electrons. The number of anilines is 2. The summed E-state index contributed by atoms with van der Waals surface area (Å²) in [5.74, 6) is -4.20. The van der Waals surface area contributed by atoms with Gasteiger partial charge in [-0.05, 0) is 36.8 Å². The molecule has 2 N–H and O–H groups in total. The van der Waals surface area contributed by atoms with Gasteiger partial charge in [0.25, 0.3) is 0 Å². The van der Waals surface area contributed by atoms with Crippen molar-refractivity contribution < 1.29 is 18.4 Å². The third-order valence-corrected chi connectivity index (χ3v) is 3.09. The van der Waals surface area contributed by atoms with Crippen LogP contribution in [-0.4, -0.2) is 11.8 Å². The van der Waals surface area contributed by atoms with Crippen molar-refractivity contribution >= 4 is 34.8 Å². The van der Waals surface area contributed by atoms with Gasteiger partial charge in [-0.1, -0.05) is 23.7 Å². The number of para-hydroxylation sites is 1. The first-order chi connectivity index (χ1) is 10.4.